The van der Waals surface area contributed by atoms with E-state index in [0.717, 1.165) is 19.6 Å². The molecular formula is C15H24F3N3O3. The van der Waals surface area contributed by atoms with Crippen molar-refractivity contribution in [1.29, 1.82) is 0 Å². The number of likely N-dealkylation sites (N-methyl/N-ethyl adjacent to an activating group) is 1. The van der Waals surface area contributed by atoms with Crippen LogP contribution < -0.4 is 0 Å². The van der Waals surface area contributed by atoms with Gasteiger partial charge in [-0.3, -0.25) is 14.5 Å². The highest BCUT2D eigenvalue weighted by molar-refractivity contribution is 5.82. The fraction of sp³-hybridized carbons (Fsp3) is 0.867. The maximum atomic E-state index is 13.1. The summed E-state index contributed by atoms with van der Waals surface area (Å²) < 4.78 is 39.2. The van der Waals surface area contributed by atoms with Crippen molar-refractivity contribution in [1.82, 2.24) is 14.7 Å². The standard InChI is InChI=1S/C15H24F3N3O3/c1-3-19-4-6-20(7-5-19)13(22)10(2)21-8-11(14(23)24)12(9-21)15(16,17)18/h10-12H,3-9H2,1-2H3,(H,23,24)/t10?,11-,12-/m1/s1. The lowest BCUT2D eigenvalue weighted by molar-refractivity contribution is -0.188. The number of halogens is 3. The monoisotopic (exact) mass is 351 g/mol. The second-order valence-corrected chi connectivity index (χ2v) is 6.48. The largest absolute Gasteiger partial charge is 0.481 e. The van der Waals surface area contributed by atoms with Crippen LogP contribution in [0.25, 0.3) is 0 Å². The molecule has 0 saturated carbocycles. The molecule has 0 aromatic rings. The summed E-state index contributed by atoms with van der Waals surface area (Å²) in [6, 6.07) is -0.743. The predicted octanol–water partition coefficient (Wildman–Crippen LogP) is 0.734. The van der Waals surface area contributed by atoms with Gasteiger partial charge in [-0.25, -0.2) is 0 Å². The SMILES string of the molecule is CCN1CCN(C(=O)C(C)N2C[C@@H](C(F)(F)F)[C@H](C(=O)O)C2)CC1. The molecule has 2 aliphatic heterocycles. The zero-order valence-corrected chi connectivity index (χ0v) is 13.9. The molecule has 1 unspecified atom stereocenters. The van der Waals surface area contributed by atoms with Gasteiger partial charge < -0.3 is 14.9 Å². The van der Waals surface area contributed by atoms with Crippen LogP contribution in [-0.4, -0.2) is 89.7 Å². The summed E-state index contributed by atoms with van der Waals surface area (Å²) >= 11 is 0. The summed E-state index contributed by atoms with van der Waals surface area (Å²) in [7, 11) is 0. The first-order chi connectivity index (χ1) is 11.1. The average Bonchev–Trinajstić information content (AvgIpc) is 2.99. The van der Waals surface area contributed by atoms with E-state index in [1.165, 1.54) is 4.90 Å². The van der Waals surface area contributed by atoms with Crippen LogP contribution in [0.1, 0.15) is 13.8 Å². The van der Waals surface area contributed by atoms with E-state index >= 15 is 0 Å². The second kappa shape index (κ2) is 7.26. The van der Waals surface area contributed by atoms with Gasteiger partial charge in [0.1, 0.15) is 0 Å². The summed E-state index contributed by atoms with van der Waals surface area (Å²) in [5.74, 6) is -5.13. The van der Waals surface area contributed by atoms with Crippen LogP contribution in [0.15, 0.2) is 0 Å². The highest BCUT2D eigenvalue weighted by Crippen LogP contribution is 2.38. The average molecular weight is 351 g/mol. The molecule has 0 aromatic heterocycles. The second-order valence-electron chi connectivity index (χ2n) is 6.48. The van der Waals surface area contributed by atoms with Gasteiger partial charge in [-0.15, -0.1) is 0 Å². The van der Waals surface area contributed by atoms with Gasteiger partial charge in [0.05, 0.1) is 17.9 Å². The minimum atomic E-state index is -4.58. The van der Waals surface area contributed by atoms with Crippen molar-refractivity contribution < 1.29 is 27.9 Å². The quantitative estimate of drug-likeness (QED) is 0.809. The van der Waals surface area contributed by atoms with E-state index in [1.807, 2.05) is 6.92 Å². The van der Waals surface area contributed by atoms with Crippen molar-refractivity contribution in [3.63, 3.8) is 0 Å². The third-order valence-corrected chi connectivity index (χ3v) is 5.12. The zero-order chi connectivity index (χ0) is 18.1. The van der Waals surface area contributed by atoms with E-state index in [0.29, 0.717) is 13.1 Å². The van der Waals surface area contributed by atoms with Crippen LogP contribution in [0.5, 0.6) is 0 Å². The number of hydrogen-bond acceptors (Lipinski definition) is 4. The van der Waals surface area contributed by atoms with Crippen LogP contribution >= 0.6 is 0 Å². The molecule has 0 aliphatic carbocycles. The van der Waals surface area contributed by atoms with Gasteiger partial charge in [-0.05, 0) is 13.5 Å². The number of rotatable bonds is 4. The number of aliphatic carboxylic acids is 1. The topological polar surface area (TPSA) is 64.1 Å². The van der Waals surface area contributed by atoms with Crippen molar-refractivity contribution in [3.8, 4) is 0 Å². The van der Waals surface area contributed by atoms with E-state index in [9.17, 15) is 22.8 Å². The highest BCUT2D eigenvalue weighted by Gasteiger charge is 2.53. The van der Waals surface area contributed by atoms with Crippen molar-refractivity contribution in [2.75, 3.05) is 45.8 Å². The summed E-state index contributed by atoms with van der Waals surface area (Å²) in [6.45, 7) is 6.41. The normalized spacial score (nSPS) is 28.1. The Morgan fingerprint density at radius 2 is 1.75 bits per heavy atom. The van der Waals surface area contributed by atoms with Crippen molar-refractivity contribution in [3.05, 3.63) is 0 Å². The van der Waals surface area contributed by atoms with Gasteiger partial charge in [-0.1, -0.05) is 6.92 Å². The number of alkyl halides is 3. The fourth-order valence-electron chi connectivity index (χ4n) is 3.44. The molecule has 24 heavy (non-hydrogen) atoms. The van der Waals surface area contributed by atoms with Gasteiger partial charge in [0.15, 0.2) is 0 Å². The first-order valence-corrected chi connectivity index (χ1v) is 8.19. The Hall–Kier alpha value is -1.35. The third kappa shape index (κ3) is 4.00. The Morgan fingerprint density at radius 1 is 1.17 bits per heavy atom. The molecule has 2 fully saturated rings. The summed E-state index contributed by atoms with van der Waals surface area (Å²) in [6.07, 6.45) is -4.58. The Balaban J connectivity index is 2.01. The van der Waals surface area contributed by atoms with Crippen LogP contribution in [0.2, 0.25) is 0 Å². The smallest absolute Gasteiger partial charge is 0.393 e. The van der Waals surface area contributed by atoms with Crippen molar-refractivity contribution in [2.45, 2.75) is 26.1 Å². The number of nitrogens with zero attached hydrogens (tertiary/aromatic N) is 3. The molecule has 3 atom stereocenters. The number of likely N-dealkylation sites (tertiary alicyclic amines) is 1. The number of amides is 1. The molecule has 2 rings (SSSR count). The van der Waals surface area contributed by atoms with E-state index < -0.39 is 36.6 Å². The lowest BCUT2D eigenvalue weighted by Gasteiger charge is -2.37. The van der Waals surface area contributed by atoms with Crippen molar-refractivity contribution in [2.24, 2.45) is 11.8 Å². The van der Waals surface area contributed by atoms with Gasteiger partial charge in [0.25, 0.3) is 0 Å². The number of carboxylic acid groups (broad SMARTS) is 1. The van der Waals surface area contributed by atoms with Crippen LogP contribution in [0.3, 0.4) is 0 Å². The number of piperazine rings is 1. The highest BCUT2D eigenvalue weighted by atomic mass is 19.4. The molecule has 0 spiro atoms. The molecular weight excluding hydrogens is 327 g/mol. The van der Waals surface area contributed by atoms with E-state index in [1.54, 1.807) is 11.8 Å². The number of hydrogen-bond donors (Lipinski definition) is 1. The molecule has 1 N–H and O–H groups in total. The summed E-state index contributed by atoms with van der Waals surface area (Å²) in [5, 5.41) is 9.06. The van der Waals surface area contributed by atoms with Gasteiger partial charge in [0, 0.05) is 39.3 Å². The van der Waals surface area contributed by atoms with E-state index in [-0.39, 0.29) is 12.5 Å². The third-order valence-electron chi connectivity index (χ3n) is 5.12. The van der Waals surface area contributed by atoms with Gasteiger partial charge in [0.2, 0.25) is 5.91 Å². The molecule has 138 valence electrons. The summed E-state index contributed by atoms with van der Waals surface area (Å²) in [5.41, 5.74) is 0. The zero-order valence-electron chi connectivity index (χ0n) is 13.9. The van der Waals surface area contributed by atoms with Crippen molar-refractivity contribution >= 4 is 11.9 Å². The number of carboxylic acids is 1. The molecule has 2 saturated heterocycles. The maximum absolute atomic E-state index is 13.1. The predicted molar refractivity (Wildman–Crippen MR) is 80.4 cm³/mol. The lowest BCUT2D eigenvalue weighted by Crippen LogP contribution is -2.54. The first-order valence-electron chi connectivity index (χ1n) is 8.19. The Labute approximate surface area is 139 Å². The molecule has 2 heterocycles. The van der Waals surface area contributed by atoms with E-state index in [2.05, 4.69) is 4.90 Å². The molecule has 0 radical (unpaired) electrons. The molecule has 0 bridgehead atoms. The summed E-state index contributed by atoms with van der Waals surface area (Å²) in [4.78, 5) is 28.9. The lowest BCUT2D eigenvalue weighted by atomic mass is 9.96. The van der Waals surface area contributed by atoms with Crippen LogP contribution in [0.4, 0.5) is 13.2 Å². The molecule has 9 heteroatoms. The Bertz CT molecular complexity index is 478. The van der Waals surface area contributed by atoms with Crippen LogP contribution in [-0.2, 0) is 9.59 Å². The molecule has 6 nitrogen and oxygen atoms in total. The van der Waals surface area contributed by atoms with Gasteiger partial charge >= 0.3 is 12.1 Å². The van der Waals surface area contributed by atoms with Crippen LogP contribution in [0, 0.1) is 11.8 Å². The maximum Gasteiger partial charge on any atom is 0.393 e. The Morgan fingerprint density at radius 3 is 2.17 bits per heavy atom. The van der Waals surface area contributed by atoms with E-state index in [4.69, 9.17) is 5.11 Å². The molecule has 1 amide bonds. The number of carbonyl (C=O) groups is 2. The minimum absolute atomic E-state index is 0.224. The minimum Gasteiger partial charge on any atom is -0.481 e. The molecule has 2 aliphatic rings. The van der Waals surface area contributed by atoms with Gasteiger partial charge in [-0.2, -0.15) is 13.2 Å². The first kappa shape index (κ1) is 19.0. The fourth-order valence-corrected chi connectivity index (χ4v) is 3.44. The number of carbonyl (C=O) groups excluding carboxylic acids is 1. The Kier molecular flexibility index (Phi) is 5.74. The molecule has 0 aromatic carbocycles.